The van der Waals surface area contributed by atoms with Crippen molar-refractivity contribution in [2.45, 2.75) is 20.3 Å². The maximum atomic E-state index is 13.5. The molecule has 1 saturated heterocycles. The van der Waals surface area contributed by atoms with E-state index in [1.807, 2.05) is 62.0 Å². The van der Waals surface area contributed by atoms with Crippen LogP contribution in [-0.4, -0.2) is 91.9 Å². The van der Waals surface area contributed by atoms with E-state index in [1.54, 1.807) is 0 Å². The fourth-order valence-electron chi connectivity index (χ4n) is 4.79. The molecule has 1 aromatic carbocycles. The fourth-order valence-corrected chi connectivity index (χ4v) is 4.96. The zero-order valence-electron chi connectivity index (χ0n) is 20.7. The average molecular weight is 484 g/mol. The number of H-pyrrole nitrogens is 1. The lowest BCUT2D eigenvalue weighted by molar-refractivity contribution is -0.113. The number of nitrogens with one attached hydrogen (secondary N) is 1. The standard InChI is InChI=1S/C26H34ClN5O2/c1-17-22(28-18(2)24(17)26(34)31-13-11-30(5)12-14-31)16-21-20-15-19(27)7-8-23(20)32(25(21)33)10-6-9-29(3)4/h7-8,15-16,28H,6,9-14H2,1-5H3. The van der Waals surface area contributed by atoms with Crippen molar-refractivity contribution in [3.63, 3.8) is 0 Å². The van der Waals surface area contributed by atoms with Crippen LogP contribution >= 0.6 is 11.6 Å². The van der Waals surface area contributed by atoms with Gasteiger partial charge in [-0.15, -0.1) is 0 Å². The number of fused-ring (bicyclic) bond motifs is 1. The highest BCUT2D eigenvalue weighted by Gasteiger charge is 2.33. The summed E-state index contributed by atoms with van der Waals surface area (Å²) in [5, 5.41) is 0.595. The number of likely N-dealkylation sites (N-methyl/N-ethyl adjacent to an activating group) is 1. The summed E-state index contributed by atoms with van der Waals surface area (Å²) in [6.45, 7) is 8.61. The first kappa shape index (κ1) is 24.5. The van der Waals surface area contributed by atoms with Crippen molar-refractivity contribution in [2.75, 3.05) is 65.3 Å². The summed E-state index contributed by atoms with van der Waals surface area (Å²) in [7, 11) is 6.13. The van der Waals surface area contributed by atoms with E-state index < -0.39 is 0 Å². The van der Waals surface area contributed by atoms with Crippen LogP contribution in [0.1, 0.15) is 39.3 Å². The van der Waals surface area contributed by atoms with E-state index in [0.29, 0.717) is 22.7 Å². The number of halogens is 1. The van der Waals surface area contributed by atoms with Crippen LogP contribution in [0.15, 0.2) is 18.2 Å². The Hall–Kier alpha value is -2.61. The molecule has 1 aromatic heterocycles. The van der Waals surface area contributed by atoms with Gasteiger partial charge in [0, 0.05) is 54.7 Å². The first-order chi connectivity index (χ1) is 16.2. The number of aromatic amines is 1. The number of carbonyl (C=O) groups excluding carboxylic acids is 2. The van der Waals surface area contributed by atoms with Gasteiger partial charge in [-0.05, 0) is 77.8 Å². The molecule has 182 valence electrons. The first-order valence-corrected chi connectivity index (χ1v) is 12.2. The monoisotopic (exact) mass is 483 g/mol. The smallest absolute Gasteiger partial charge is 0.259 e. The number of piperazine rings is 1. The lowest BCUT2D eigenvalue weighted by Crippen LogP contribution is -2.47. The van der Waals surface area contributed by atoms with Crippen LogP contribution < -0.4 is 4.90 Å². The van der Waals surface area contributed by atoms with E-state index in [2.05, 4.69) is 21.8 Å². The molecule has 8 heteroatoms. The molecule has 2 aromatic rings. The maximum absolute atomic E-state index is 13.5. The van der Waals surface area contributed by atoms with Crippen molar-refractivity contribution in [2.24, 2.45) is 0 Å². The molecule has 0 unspecified atom stereocenters. The molecule has 0 aliphatic carbocycles. The van der Waals surface area contributed by atoms with Crippen LogP contribution in [0, 0.1) is 13.8 Å². The highest BCUT2D eigenvalue weighted by molar-refractivity contribution is 6.37. The van der Waals surface area contributed by atoms with Gasteiger partial charge >= 0.3 is 0 Å². The number of aryl methyl sites for hydroxylation is 1. The molecule has 4 rings (SSSR count). The molecule has 1 N–H and O–H groups in total. The van der Waals surface area contributed by atoms with E-state index in [-0.39, 0.29) is 11.8 Å². The quantitative estimate of drug-likeness (QED) is 0.639. The van der Waals surface area contributed by atoms with Gasteiger partial charge in [0.1, 0.15) is 0 Å². The van der Waals surface area contributed by atoms with Crippen molar-refractivity contribution in [1.82, 2.24) is 19.7 Å². The zero-order chi connectivity index (χ0) is 24.6. The molecule has 0 atom stereocenters. The average Bonchev–Trinajstić information content (AvgIpc) is 3.21. The Bertz CT molecular complexity index is 1130. The molecular weight excluding hydrogens is 450 g/mol. The van der Waals surface area contributed by atoms with E-state index in [1.165, 1.54) is 0 Å². The molecule has 2 aliphatic heterocycles. The number of nitrogens with zero attached hydrogens (tertiary/aromatic N) is 4. The summed E-state index contributed by atoms with van der Waals surface area (Å²) in [5.74, 6) is 0.0186. The van der Waals surface area contributed by atoms with Gasteiger partial charge in [0.25, 0.3) is 11.8 Å². The van der Waals surface area contributed by atoms with Crippen molar-refractivity contribution in [3.05, 3.63) is 51.3 Å². The molecule has 0 bridgehead atoms. The van der Waals surface area contributed by atoms with Crippen molar-refractivity contribution in [1.29, 1.82) is 0 Å². The molecule has 7 nitrogen and oxygen atoms in total. The Kier molecular flexibility index (Phi) is 7.17. The minimum atomic E-state index is -0.0328. The van der Waals surface area contributed by atoms with E-state index in [9.17, 15) is 9.59 Å². The van der Waals surface area contributed by atoms with Crippen molar-refractivity contribution < 1.29 is 9.59 Å². The van der Waals surface area contributed by atoms with Gasteiger partial charge in [0.05, 0.1) is 16.8 Å². The summed E-state index contributed by atoms with van der Waals surface area (Å²) in [6, 6.07) is 5.60. The number of carbonyl (C=O) groups is 2. The molecule has 1 fully saturated rings. The van der Waals surface area contributed by atoms with Crippen molar-refractivity contribution in [3.8, 4) is 0 Å². The number of hydrogen-bond donors (Lipinski definition) is 1. The summed E-state index contributed by atoms with van der Waals surface area (Å²) in [6.07, 6.45) is 2.75. The number of aromatic nitrogens is 1. The van der Waals surface area contributed by atoms with Crippen LogP contribution in [0.25, 0.3) is 11.6 Å². The summed E-state index contributed by atoms with van der Waals surface area (Å²) < 4.78 is 0. The Labute approximate surface area is 207 Å². The van der Waals surface area contributed by atoms with Gasteiger partial charge < -0.3 is 24.6 Å². The van der Waals surface area contributed by atoms with Gasteiger partial charge in [-0.25, -0.2) is 0 Å². The molecule has 2 aliphatic rings. The summed E-state index contributed by atoms with van der Waals surface area (Å²) >= 11 is 6.31. The zero-order valence-corrected chi connectivity index (χ0v) is 21.5. The topological polar surface area (TPSA) is 62.9 Å². The molecule has 3 heterocycles. The second-order valence-electron chi connectivity index (χ2n) is 9.59. The number of anilines is 1. The number of hydrogen-bond acceptors (Lipinski definition) is 4. The van der Waals surface area contributed by atoms with Gasteiger partial charge in [0.2, 0.25) is 0 Å². The molecule has 0 radical (unpaired) electrons. The molecule has 2 amide bonds. The normalized spacial score (nSPS) is 17.9. The Morgan fingerprint density at radius 3 is 2.56 bits per heavy atom. The molecule has 0 spiro atoms. The van der Waals surface area contributed by atoms with Gasteiger partial charge in [-0.2, -0.15) is 0 Å². The fraction of sp³-hybridized carbons (Fsp3) is 0.462. The lowest BCUT2D eigenvalue weighted by Gasteiger charge is -2.32. The minimum Gasteiger partial charge on any atom is -0.358 e. The highest BCUT2D eigenvalue weighted by Crippen LogP contribution is 2.40. The predicted octanol–water partition coefficient (Wildman–Crippen LogP) is 3.51. The van der Waals surface area contributed by atoms with Crippen LogP contribution in [0.2, 0.25) is 5.02 Å². The maximum Gasteiger partial charge on any atom is 0.259 e. The van der Waals surface area contributed by atoms with Crippen LogP contribution in [-0.2, 0) is 4.79 Å². The van der Waals surface area contributed by atoms with Gasteiger partial charge in [0.15, 0.2) is 0 Å². The van der Waals surface area contributed by atoms with Gasteiger partial charge in [-0.3, -0.25) is 9.59 Å². The van der Waals surface area contributed by atoms with E-state index in [0.717, 1.165) is 67.3 Å². The number of rotatable bonds is 6. The SMILES string of the molecule is Cc1[nH]c(C=C2C(=O)N(CCCN(C)C)c3ccc(Cl)cc32)c(C)c1C(=O)N1CCN(C)CC1. The summed E-state index contributed by atoms with van der Waals surface area (Å²) in [4.78, 5) is 38.2. The lowest BCUT2D eigenvalue weighted by atomic mass is 10.0. The molecule has 34 heavy (non-hydrogen) atoms. The van der Waals surface area contributed by atoms with Crippen LogP contribution in [0.4, 0.5) is 5.69 Å². The van der Waals surface area contributed by atoms with Crippen molar-refractivity contribution >= 4 is 40.8 Å². The Morgan fingerprint density at radius 1 is 1.18 bits per heavy atom. The van der Waals surface area contributed by atoms with E-state index >= 15 is 0 Å². The highest BCUT2D eigenvalue weighted by atomic mass is 35.5. The second-order valence-corrected chi connectivity index (χ2v) is 10.0. The first-order valence-electron chi connectivity index (χ1n) is 11.8. The molecular formula is C26H34ClN5O2. The Balaban J connectivity index is 1.66. The minimum absolute atomic E-state index is 0.0328. The third-order valence-electron chi connectivity index (χ3n) is 6.77. The Morgan fingerprint density at radius 2 is 1.88 bits per heavy atom. The van der Waals surface area contributed by atoms with Gasteiger partial charge in [-0.1, -0.05) is 11.6 Å². The molecule has 0 saturated carbocycles. The van der Waals surface area contributed by atoms with Crippen LogP contribution in [0.3, 0.4) is 0 Å². The second kappa shape index (κ2) is 9.94. The third-order valence-corrected chi connectivity index (χ3v) is 7.01. The summed E-state index contributed by atoms with van der Waals surface area (Å²) in [5.41, 5.74) is 5.51. The third kappa shape index (κ3) is 4.78. The number of amides is 2. The number of benzene rings is 1. The predicted molar refractivity (Wildman–Crippen MR) is 139 cm³/mol. The van der Waals surface area contributed by atoms with E-state index in [4.69, 9.17) is 11.6 Å². The largest absolute Gasteiger partial charge is 0.358 e. The van der Waals surface area contributed by atoms with Crippen LogP contribution in [0.5, 0.6) is 0 Å².